The molecule has 2 rings (SSSR count). The van der Waals surface area contributed by atoms with Gasteiger partial charge < -0.3 is 10.1 Å². The molecule has 1 aromatic heterocycles. The molecule has 1 aromatic carbocycles. The van der Waals surface area contributed by atoms with Gasteiger partial charge in [0.25, 0.3) is 5.91 Å². The van der Waals surface area contributed by atoms with Crippen LogP contribution in [0.2, 0.25) is 0 Å². The zero-order chi connectivity index (χ0) is 14.7. The summed E-state index contributed by atoms with van der Waals surface area (Å²) in [6.45, 7) is 7.92. The smallest absolute Gasteiger partial charge is 0.256 e. The molecule has 0 atom stereocenters. The second-order valence-electron chi connectivity index (χ2n) is 4.95. The van der Waals surface area contributed by atoms with Gasteiger partial charge in [0.1, 0.15) is 5.75 Å². The number of benzene rings is 1. The van der Waals surface area contributed by atoms with Crippen molar-refractivity contribution in [3.63, 3.8) is 0 Å². The third-order valence-electron chi connectivity index (χ3n) is 3.03. The molecule has 20 heavy (non-hydrogen) atoms. The van der Waals surface area contributed by atoms with Gasteiger partial charge in [0, 0.05) is 10.3 Å². The van der Waals surface area contributed by atoms with Gasteiger partial charge in [-0.1, -0.05) is 12.1 Å². The Kier molecular flexibility index (Phi) is 4.45. The molecule has 4 heteroatoms. The van der Waals surface area contributed by atoms with E-state index in [9.17, 15) is 4.79 Å². The normalized spacial score (nSPS) is 10.7. The number of carbonyl (C=O) groups is 1. The maximum atomic E-state index is 12.3. The van der Waals surface area contributed by atoms with Gasteiger partial charge in [-0.05, 0) is 45.4 Å². The second-order valence-corrected chi connectivity index (χ2v) is 6.03. The van der Waals surface area contributed by atoms with Gasteiger partial charge in [0.05, 0.1) is 17.4 Å². The summed E-state index contributed by atoms with van der Waals surface area (Å²) in [4.78, 5) is 13.5. The Hall–Kier alpha value is -1.81. The minimum atomic E-state index is -0.0911. The lowest BCUT2D eigenvalue weighted by Gasteiger charge is -2.14. The van der Waals surface area contributed by atoms with Crippen LogP contribution in [0.25, 0.3) is 0 Å². The van der Waals surface area contributed by atoms with E-state index in [2.05, 4.69) is 5.32 Å². The van der Waals surface area contributed by atoms with E-state index in [1.807, 2.05) is 57.3 Å². The number of hydrogen-bond acceptors (Lipinski definition) is 3. The summed E-state index contributed by atoms with van der Waals surface area (Å²) in [5, 5.41) is 4.82. The minimum absolute atomic E-state index is 0.0678. The monoisotopic (exact) mass is 289 g/mol. The summed E-state index contributed by atoms with van der Waals surface area (Å²) >= 11 is 1.59. The highest BCUT2D eigenvalue weighted by Crippen LogP contribution is 2.27. The Morgan fingerprint density at radius 3 is 2.55 bits per heavy atom. The predicted octanol–water partition coefficient (Wildman–Crippen LogP) is 4.40. The standard InChI is InChI=1S/C16H19NO2S/c1-10(2)19-15-8-6-5-7-14(15)17-16(18)13-9-20-12(4)11(13)3/h5-10H,1-4H3,(H,17,18). The van der Waals surface area contributed by atoms with E-state index >= 15 is 0 Å². The quantitative estimate of drug-likeness (QED) is 0.905. The Morgan fingerprint density at radius 1 is 1.25 bits per heavy atom. The largest absolute Gasteiger partial charge is 0.489 e. The van der Waals surface area contributed by atoms with Gasteiger partial charge in [-0.15, -0.1) is 11.3 Å². The van der Waals surface area contributed by atoms with Gasteiger partial charge in [-0.25, -0.2) is 0 Å². The van der Waals surface area contributed by atoms with E-state index in [0.29, 0.717) is 11.4 Å². The Bertz CT molecular complexity index is 617. The van der Waals surface area contributed by atoms with Crippen molar-refractivity contribution in [1.29, 1.82) is 0 Å². The first kappa shape index (κ1) is 14.6. The number of thiophene rings is 1. The number of anilines is 1. The molecule has 106 valence electrons. The van der Waals surface area contributed by atoms with Gasteiger partial charge >= 0.3 is 0 Å². The number of amides is 1. The van der Waals surface area contributed by atoms with Crippen molar-refractivity contribution < 1.29 is 9.53 Å². The SMILES string of the molecule is Cc1scc(C(=O)Nc2ccccc2OC(C)C)c1C. The van der Waals surface area contributed by atoms with Crippen molar-refractivity contribution in [2.24, 2.45) is 0 Å². The molecule has 1 heterocycles. The summed E-state index contributed by atoms with van der Waals surface area (Å²) in [5.74, 6) is 0.604. The van der Waals surface area contributed by atoms with Gasteiger partial charge in [-0.2, -0.15) is 0 Å². The molecule has 3 nitrogen and oxygen atoms in total. The molecule has 0 radical (unpaired) electrons. The van der Waals surface area contributed by atoms with Crippen LogP contribution < -0.4 is 10.1 Å². The molecule has 0 aliphatic rings. The number of hydrogen-bond donors (Lipinski definition) is 1. The molecule has 0 aliphatic carbocycles. The van der Waals surface area contributed by atoms with E-state index < -0.39 is 0 Å². The number of rotatable bonds is 4. The first-order chi connectivity index (χ1) is 9.49. The number of carbonyl (C=O) groups excluding carboxylic acids is 1. The highest BCUT2D eigenvalue weighted by molar-refractivity contribution is 7.10. The molecular formula is C16H19NO2S. The van der Waals surface area contributed by atoms with E-state index in [1.54, 1.807) is 11.3 Å². The number of nitrogens with one attached hydrogen (secondary N) is 1. The summed E-state index contributed by atoms with van der Waals surface area (Å²) in [6, 6.07) is 7.49. The van der Waals surface area contributed by atoms with Crippen LogP contribution in [-0.4, -0.2) is 12.0 Å². The molecule has 2 aromatic rings. The maximum absolute atomic E-state index is 12.3. The predicted molar refractivity (Wildman–Crippen MR) is 84.0 cm³/mol. The van der Waals surface area contributed by atoms with Crippen molar-refractivity contribution in [3.8, 4) is 5.75 Å². The highest BCUT2D eigenvalue weighted by atomic mass is 32.1. The van der Waals surface area contributed by atoms with Gasteiger partial charge in [0.2, 0.25) is 0 Å². The molecule has 0 aliphatic heterocycles. The molecule has 0 saturated carbocycles. The van der Waals surface area contributed by atoms with Crippen molar-refractivity contribution in [2.75, 3.05) is 5.32 Å². The molecule has 0 fully saturated rings. The molecular weight excluding hydrogens is 270 g/mol. The second kappa shape index (κ2) is 6.09. The average Bonchev–Trinajstić information content (AvgIpc) is 2.72. The Morgan fingerprint density at radius 2 is 1.95 bits per heavy atom. The van der Waals surface area contributed by atoms with Crippen LogP contribution in [0.5, 0.6) is 5.75 Å². The summed E-state index contributed by atoms with van der Waals surface area (Å²) < 4.78 is 5.71. The fourth-order valence-corrected chi connectivity index (χ4v) is 2.72. The van der Waals surface area contributed by atoms with E-state index in [-0.39, 0.29) is 12.0 Å². The Balaban J connectivity index is 2.22. The summed E-state index contributed by atoms with van der Waals surface area (Å²) in [5.41, 5.74) is 2.47. The first-order valence-corrected chi connectivity index (χ1v) is 7.48. The van der Waals surface area contributed by atoms with Crippen LogP contribution in [0.15, 0.2) is 29.6 Å². The van der Waals surface area contributed by atoms with Crippen molar-refractivity contribution >= 4 is 22.9 Å². The maximum Gasteiger partial charge on any atom is 0.256 e. The zero-order valence-corrected chi connectivity index (χ0v) is 13.0. The fourth-order valence-electron chi connectivity index (χ4n) is 1.85. The third kappa shape index (κ3) is 3.20. The number of para-hydroxylation sites is 2. The fraction of sp³-hybridized carbons (Fsp3) is 0.312. The van der Waals surface area contributed by atoms with Crippen molar-refractivity contribution in [1.82, 2.24) is 0 Å². The van der Waals surface area contributed by atoms with Crippen LogP contribution in [0.1, 0.15) is 34.6 Å². The third-order valence-corrected chi connectivity index (χ3v) is 4.04. The lowest BCUT2D eigenvalue weighted by molar-refractivity contribution is 0.102. The molecule has 0 unspecified atom stereocenters. The average molecular weight is 289 g/mol. The topological polar surface area (TPSA) is 38.3 Å². The zero-order valence-electron chi connectivity index (χ0n) is 12.2. The van der Waals surface area contributed by atoms with Crippen LogP contribution in [-0.2, 0) is 0 Å². The highest BCUT2D eigenvalue weighted by Gasteiger charge is 2.14. The number of aryl methyl sites for hydroxylation is 1. The van der Waals surface area contributed by atoms with Gasteiger partial charge in [0.15, 0.2) is 0 Å². The van der Waals surface area contributed by atoms with Crippen molar-refractivity contribution in [2.45, 2.75) is 33.8 Å². The molecule has 1 N–H and O–H groups in total. The summed E-state index contributed by atoms with van der Waals surface area (Å²) in [6.07, 6.45) is 0.0678. The van der Waals surface area contributed by atoms with Crippen LogP contribution in [0.3, 0.4) is 0 Å². The summed E-state index contributed by atoms with van der Waals surface area (Å²) in [7, 11) is 0. The van der Waals surface area contributed by atoms with Gasteiger partial charge in [-0.3, -0.25) is 4.79 Å². The molecule has 0 saturated heterocycles. The molecule has 1 amide bonds. The lowest BCUT2D eigenvalue weighted by Crippen LogP contribution is -2.14. The van der Waals surface area contributed by atoms with Crippen LogP contribution in [0, 0.1) is 13.8 Å². The minimum Gasteiger partial charge on any atom is -0.489 e. The van der Waals surface area contributed by atoms with E-state index in [1.165, 1.54) is 4.88 Å². The van der Waals surface area contributed by atoms with Crippen molar-refractivity contribution in [3.05, 3.63) is 45.6 Å². The van der Waals surface area contributed by atoms with Crippen LogP contribution >= 0.6 is 11.3 Å². The first-order valence-electron chi connectivity index (χ1n) is 6.60. The van der Waals surface area contributed by atoms with Crippen LogP contribution in [0.4, 0.5) is 5.69 Å². The number of ether oxygens (including phenoxy) is 1. The lowest BCUT2D eigenvalue weighted by atomic mass is 10.1. The van der Waals surface area contributed by atoms with E-state index in [4.69, 9.17) is 4.74 Å². The van der Waals surface area contributed by atoms with E-state index in [0.717, 1.165) is 11.1 Å². The Labute approximate surface area is 123 Å². The molecule has 0 spiro atoms. The molecule has 0 bridgehead atoms.